The van der Waals surface area contributed by atoms with Gasteiger partial charge in [0.15, 0.2) is 0 Å². The maximum atomic E-state index is 11.5. The fraction of sp³-hybridized carbons (Fsp3) is 0.111. The summed E-state index contributed by atoms with van der Waals surface area (Å²) in [5.41, 5.74) is 6.73. The van der Waals surface area contributed by atoms with E-state index in [0.717, 1.165) is 10.0 Å². The number of benzene rings is 1. The third kappa shape index (κ3) is 1.39. The maximum Gasteiger partial charge on any atom is 0.260 e. The second kappa shape index (κ2) is 3.09. The number of anilines is 1. The zero-order chi connectivity index (χ0) is 10.3. The molecule has 0 aliphatic rings. The molecule has 0 spiro atoms. The number of aromatic nitrogens is 2. The molecule has 0 bridgehead atoms. The highest BCUT2D eigenvalue weighted by molar-refractivity contribution is 9.10. The fourth-order valence-electron chi connectivity index (χ4n) is 1.45. The second-order valence-electron chi connectivity index (χ2n) is 3.07. The molecule has 0 fully saturated rings. The number of fused-ring (bicyclic) bond motifs is 1. The Balaban J connectivity index is 3.02. The van der Waals surface area contributed by atoms with E-state index >= 15 is 0 Å². The van der Waals surface area contributed by atoms with Gasteiger partial charge in [0.05, 0.1) is 10.9 Å². The number of nitrogens with zero attached hydrogens (tertiary/aromatic N) is 1. The predicted octanol–water partition coefficient (Wildman–Crippen LogP) is 1.58. The van der Waals surface area contributed by atoms with Gasteiger partial charge >= 0.3 is 0 Å². The second-order valence-corrected chi connectivity index (χ2v) is 3.98. The summed E-state index contributed by atoms with van der Waals surface area (Å²) in [5.74, 6) is 0.139. The highest BCUT2D eigenvalue weighted by Crippen LogP contribution is 2.19. The highest BCUT2D eigenvalue weighted by atomic mass is 79.9. The Labute approximate surface area is 88.3 Å². The molecular formula is C9H8BrN3O. The quantitative estimate of drug-likeness (QED) is 0.749. The van der Waals surface area contributed by atoms with E-state index in [9.17, 15) is 4.79 Å². The Morgan fingerprint density at radius 2 is 2.21 bits per heavy atom. The van der Waals surface area contributed by atoms with Crippen LogP contribution in [0, 0.1) is 6.92 Å². The number of nitrogens with two attached hydrogens (primary N) is 1. The summed E-state index contributed by atoms with van der Waals surface area (Å²) in [4.78, 5) is 18.1. The molecule has 72 valence electrons. The molecule has 3 N–H and O–H groups in total. The van der Waals surface area contributed by atoms with Crippen LogP contribution < -0.4 is 11.3 Å². The van der Waals surface area contributed by atoms with Crippen molar-refractivity contribution < 1.29 is 0 Å². The van der Waals surface area contributed by atoms with Crippen molar-refractivity contribution in [2.75, 3.05) is 5.73 Å². The van der Waals surface area contributed by atoms with Gasteiger partial charge in [-0.3, -0.25) is 9.78 Å². The van der Waals surface area contributed by atoms with Gasteiger partial charge in [-0.2, -0.15) is 0 Å². The van der Waals surface area contributed by atoms with E-state index in [1.54, 1.807) is 6.07 Å². The van der Waals surface area contributed by atoms with Crippen LogP contribution in [0.4, 0.5) is 5.95 Å². The van der Waals surface area contributed by atoms with Crippen LogP contribution in [0.2, 0.25) is 0 Å². The average Bonchev–Trinajstić information content (AvgIpc) is 1.99. The van der Waals surface area contributed by atoms with E-state index in [0.29, 0.717) is 10.9 Å². The number of H-pyrrole nitrogens is 1. The molecule has 0 radical (unpaired) electrons. The molecule has 0 saturated carbocycles. The first-order chi connectivity index (χ1) is 6.58. The van der Waals surface area contributed by atoms with Crippen molar-refractivity contribution in [2.45, 2.75) is 6.92 Å². The zero-order valence-corrected chi connectivity index (χ0v) is 9.05. The van der Waals surface area contributed by atoms with Gasteiger partial charge in [0.1, 0.15) is 0 Å². The minimum atomic E-state index is -0.197. The molecule has 2 aromatic rings. The van der Waals surface area contributed by atoms with E-state index in [1.165, 1.54) is 0 Å². The molecule has 1 heterocycles. The lowest BCUT2D eigenvalue weighted by molar-refractivity contribution is 1.18. The van der Waals surface area contributed by atoms with Crippen molar-refractivity contribution in [3.63, 3.8) is 0 Å². The minimum absolute atomic E-state index is 0.139. The van der Waals surface area contributed by atoms with Gasteiger partial charge in [0, 0.05) is 4.47 Å². The van der Waals surface area contributed by atoms with Crippen LogP contribution in [0.15, 0.2) is 21.4 Å². The van der Waals surface area contributed by atoms with Gasteiger partial charge < -0.3 is 5.73 Å². The van der Waals surface area contributed by atoms with Crippen LogP contribution in [0.3, 0.4) is 0 Å². The van der Waals surface area contributed by atoms with E-state index in [2.05, 4.69) is 25.9 Å². The molecule has 2 rings (SSSR count). The smallest absolute Gasteiger partial charge is 0.260 e. The first-order valence-electron chi connectivity index (χ1n) is 4.03. The normalized spacial score (nSPS) is 10.7. The van der Waals surface area contributed by atoms with Crippen molar-refractivity contribution >= 4 is 32.8 Å². The number of hydrogen-bond acceptors (Lipinski definition) is 3. The predicted molar refractivity (Wildman–Crippen MR) is 59.2 cm³/mol. The summed E-state index contributed by atoms with van der Waals surface area (Å²) in [6.07, 6.45) is 0. The molecule has 0 aliphatic heterocycles. The summed E-state index contributed by atoms with van der Waals surface area (Å²) < 4.78 is 0.889. The topological polar surface area (TPSA) is 71.8 Å². The number of aromatic amines is 1. The summed E-state index contributed by atoms with van der Waals surface area (Å²) in [7, 11) is 0. The monoisotopic (exact) mass is 253 g/mol. The SMILES string of the molecule is Cc1cc(Br)cc2nc(N)[nH]c(=O)c12. The van der Waals surface area contributed by atoms with Gasteiger partial charge in [-0.25, -0.2) is 4.98 Å². The fourth-order valence-corrected chi connectivity index (χ4v) is 2.01. The molecule has 4 nitrogen and oxygen atoms in total. The van der Waals surface area contributed by atoms with E-state index in [1.807, 2.05) is 13.0 Å². The molecule has 0 amide bonds. The van der Waals surface area contributed by atoms with Gasteiger partial charge in [0.2, 0.25) is 5.95 Å². The highest BCUT2D eigenvalue weighted by Gasteiger charge is 2.05. The molecular weight excluding hydrogens is 246 g/mol. The average molecular weight is 254 g/mol. The summed E-state index contributed by atoms with van der Waals surface area (Å²) in [5, 5.41) is 0.586. The van der Waals surface area contributed by atoms with Gasteiger partial charge in [-0.15, -0.1) is 0 Å². The van der Waals surface area contributed by atoms with Crippen molar-refractivity contribution in [3.8, 4) is 0 Å². The lowest BCUT2D eigenvalue weighted by atomic mass is 10.1. The summed E-state index contributed by atoms with van der Waals surface area (Å²) in [6.45, 7) is 1.86. The Morgan fingerprint density at radius 1 is 1.50 bits per heavy atom. The number of rotatable bonds is 0. The molecule has 0 saturated heterocycles. The Kier molecular flexibility index (Phi) is 2.03. The van der Waals surface area contributed by atoms with E-state index in [4.69, 9.17) is 5.73 Å². The van der Waals surface area contributed by atoms with Crippen LogP contribution in [0.5, 0.6) is 0 Å². The Morgan fingerprint density at radius 3 is 2.93 bits per heavy atom. The standard InChI is InChI=1S/C9H8BrN3O/c1-4-2-5(10)3-6-7(4)8(14)13-9(11)12-6/h2-3H,1H3,(H3,11,12,13,14). The number of aryl methyl sites for hydroxylation is 1. The Hall–Kier alpha value is -1.36. The van der Waals surface area contributed by atoms with Crippen LogP contribution in [0.1, 0.15) is 5.56 Å². The molecule has 1 aromatic heterocycles. The zero-order valence-electron chi connectivity index (χ0n) is 7.47. The Bertz CT molecular complexity index is 556. The first kappa shape index (κ1) is 9.21. The number of nitrogens with one attached hydrogen (secondary N) is 1. The molecule has 1 aromatic carbocycles. The van der Waals surface area contributed by atoms with Gasteiger partial charge in [-0.05, 0) is 24.6 Å². The van der Waals surface area contributed by atoms with Gasteiger partial charge in [-0.1, -0.05) is 15.9 Å². The lowest BCUT2D eigenvalue weighted by Gasteiger charge is -2.02. The maximum absolute atomic E-state index is 11.5. The largest absolute Gasteiger partial charge is 0.369 e. The minimum Gasteiger partial charge on any atom is -0.369 e. The van der Waals surface area contributed by atoms with Gasteiger partial charge in [0.25, 0.3) is 5.56 Å². The van der Waals surface area contributed by atoms with Crippen molar-refractivity contribution in [1.82, 2.24) is 9.97 Å². The van der Waals surface area contributed by atoms with Crippen molar-refractivity contribution in [2.24, 2.45) is 0 Å². The summed E-state index contributed by atoms with van der Waals surface area (Å²) in [6, 6.07) is 3.64. The van der Waals surface area contributed by atoms with Crippen LogP contribution in [-0.2, 0) is 0 Å². The molecule has 0 aliphatic carbocycles. The third-order valence-electron chi connectivity index (χ3n) is 1.99. The number of hydrogen-bond donors (Lipinski definition) is 2. The molecule has 5 heteroatoms. The van der Waals surface area contributed by atoms with Crippen molar-refractivity contribution in [3.05, 3.63) is 32.5 Å². The van der Waals surface area contributed by atoms with Crippen molar-refractivity contribution in [1.29, 1.82) is 0 Å². The first-order valence-corrected chi connectivity index (χ1v) is 4.83. The lowest BCUT2D eigenvalue weighted by Crippen LogP contribution is -2.12. The molecule has 14 heavy (non-hydrogen) atoms. The van der Waals surface area contributed by atoms with E-state index in [-0.39, 0.29) is 11.5 Å². The summed E-state index contributed by atoms with van der Waals surface area (Å²) >= 11 is 3.34. The van der Waals surface area contributed by atoms with Crippen LogP contribution in [0.25, 0.3) is 10.9 Å². The van der Waals surface area contributed by atoms with Crippen LogP contribution >= 0.6 is 15.9 Å². The molecule has 0 unspecified atom stereocenters. The van der Waals surface area contributed by atoms with E-state index < -0.39 is 0 Å². The molecule has 0 atom stereocenters. The van der Waals surface area contributed by atoms with Crippen LogP contribution in [-0.4, -0.2) is 9.97 Å². The third-order valence-corrected chi connectivity index (χ3v) is 2.45. The number of nitrogen functional groups attached to an aromatic ring is 1. The number of halogens is 1.